The van der Waals surface area contributed by atoms with E-state index in [-0.39, 0.29) is 24.3 Å². The van der Waals surface area contributed by atoms with Gasteiger partial charge in [0.2, 0.25) is 0 Å². The molecule has 0 saturated carbocycles. The second kappa shape index (κ2) is 4.50. The molecule has 0 bridgehead atoms. The Morgan fingerprint density at radius 1 is 1.64 bits per heavy atom. The van der Waals surface area contributed by atoms with Gasteiger partial charge in [-0.05, 0) is 24.1 Å². The van der Waals surface area contributed by atoms with E-state index >= 15 is 0 Å². The third-order valence-electron chi connectivity index (χ3n) is 1.76. The van der Waals surface area contributed by atoms with Crippen LogP contribution < -0.4 is 4.74 Å². The largest absolute Gasteiger partial charge is 0.504 e. The maximum atomic E-state index is 10.4. The fourth-order valence-corrected chi connectivity index (χ4v) is 1.06. The maximum Gasteiger partial charge on any atom is 0.303 e. The molecule has 2 N–H and O–H groups in total. The molecule has 0 heterocycles. The second-order valence-electron chi connectivity index (χ2n) is 2.80. The van der Waals surface area contributed by atoms with Crippen molar-refractivity contribution in [1.82, 2.24) is 0 Å². The quantitative estimate of drug-likeness (QED) is 0.769. The third kappa shape index (κ3) is 2.65. The summed E-state index contributed by atoms with van der Waals surface area (Å²) in [6.45, 7) is 0. The van der Waals surface area contributed by atoms with Gasteiger partial charge in [-0.3, -0.25) is 4.79 Å². The van der Waals surface area contributed by atoms with E-state index < -0.39 is 13.0 Å². The van der Waals surface area contributed by atoms with Gasteiger partial charge < -0.3 is 14.9 Å². The molecule has 0 saturated heterocycles. The van der Waals surface area contributed by atoms with Gasteiger partial charge in [0.1, 0.15) is 0 Å². The summed E-state index contributed by atoms with van der Waals surface area (Å²) in [4.78, 5) is 10.4. The molecule has 1 aromatic rings. The number of phenols is 1. The van der Waals surface area contributed by atoms with Crippen molar-refractivity contribution in [3.63, 3.8) is 0 Å². The molecule has 0 fully saturated rings. The first-order chi connectivity index (χ1) is 7.78. The Labute approximate surface area is 86.0 Å². The van der Waals surface area contributed by atoms with Gasteiger partial charge in [-0.1, -0.05) is 6.07 Å². The van der Waals surface area contributed by atoms with Crippen molar-refractivity contribution in [2.24, 2.45) is 0 Å². The van der Waals surface area contributed by atoms with Crippen molar-refractivity contribution < 1.29 is 23.9 Å². The summed E-state index contributed by atoms with van der Waals surface area (Å²) in [6.07, 6.45) is 0.204. The predicted molar refractivity (Wildman–Crippen MR) is 50.6 cm³/mol. The minimum Gasteiger partial charge on any atom is -0.504 e. The van der Waals surface area contributed by atoms with E-state index in [4.69, 9.17) is 9.22 Å². The van der Waals surface area contributed by atoms with E-state index in [1.54, 1.807) is 0 Å². The Kier molecular flexibility index (Phi) is 2.16. The number of carboxylic acids is 1. The number of hydrogen-bond donors (Lipinski definition) is 2. The molecule has 0 atom stereocenters. The average molecular weight is 199 g/mol. The first kappa shape index (κ1) is 6.70. The predicted octanol–water partition coefficient (Wildman–Crippen LogP) is 1.42. The Morgan fingerprint density at radius 2 is 2.43 bits per heavy atom. The molecule has 0 aliphatic carbocycles. The topological polar surface area (TPSA) is 66.8 Å². The highest BCUT2D eigenvalue weighted by Gasteiger charge is 2.04. The summed E-state index contributed by atoms with van der Waals surface area (Å²) in [5, 5.41) is 18.0. The molecule has 4 heteroatoms. The van der Waals surface area contributed by atoms with Crippen molar-refractivity contribution in [3.8, 4) is 11.5 Å². The molecule has 0 radical (unpaired) electrons. The molecule has 76 valence electrons. The number of benzene rings is 1. The van der Waals surface area contributed by atoms with Crippen LogP contribution >= 0.6 is 0 Å². The number of rotatable bonds is 4. The number of aromatic hydroxyl groups is 1. The van der Waals surface area contributed by atoms with E-state index in [0.29, 0.717) is 5.56 Å². The first-order valence-electron chi connectivity index (χ1n) is 5.50. The second-order valence-corrected chi connectivity index (χ2v) is 2.80. The number of methoxy groups -OCH3 is 1. The van der Waals surface area contributed by atoms with Crippen LogP contribution in [0.1, 0.15) is 16.1 Å². The normalized spacial score (nSPS) is 13.9. The number of carbonyl (C=O) groups is 1. The summed E-state index contributed by atoms with van der Waals surface area (Å²) >= 11 is 0. The third-order valence-corrected chi connectivity index (χ3v) is 1.76. The van der Waals surface area contributed by atoms with Gasteiger partial charge in [0.15, 0.2) is 11.5 Å². The van der Waals surface area contributed by atoms with Crippen LogP contribution in [0.3, 0.4) is 0 Å². The lowest BCUT2D eigenvalue weighted by Gasteiger charge is -2.04. The number of hydrogen-bond acceptors (Lipinski definition) is 3. The summed E-state index contributed by atoms with van der Waals surface area (Å²) in [7, 11) is -2.62. The van der Waals surface area contributed by atoms with Crippen LogP contribution in [0.25, 0.3) is 0 Å². The zero-order valence-corrected chi connectivity index (χ0v) is 7.36. The highest BCUT2D eigenvalue weighted by molar-refractivity contribution is 5.67. The molecule has 0 aromatic heterocycles. The molecule has 0 unspecified atom stereocenters. The molecule has 0 aliphatic rings. The van der Waals surface area contributed by atoms with Crippen LogP contribution in [0.5, 0.6) is 11.5 Å². The smallest absolute Gasteiger partial charge is 0.303 e. The van der Waals surface area contributed by atoms with Crippen molar-refractivity contribution in [1.29, 1.82) is 0 Å². The SMILES string of the molecule is [2H]C([2H])([2H])Oc1ccc(CCC(=O)O)cc1O. The summed E-state index contributed by atoms with van der Waals surface area (Å²) in [5.41, 5.74) is 0.600. The van der Waals surface area contributed by atoms with Crippen LogP contribution in [0, 0.1) is 0 Å². The lowest BCUT2D eigenvalue weighted by atomic mass is 10.1. The van der Waals surface area contributed by atoms with Gasteiger partial charge in [-0.2, -0.15) is 0 Å². The lowest BCUT2D eigenvalue weighted by Crippen LogP contribution is -1.97. The number of aryl methyl sites for hydroxylation is 1. The molecule has 0 spiro atoms. The van der Waals surface area contributed by atoms with Crippen molar-refractivity contribution in [3.05, 3.63) is 23.8 Å². The van der Waals surface area contributed by atoms with Gasteiger partial charge in [-0.15, -0.1) is 0 Å². The fraction of sp³-hybridized carbons (Fsp3) is 0.300. The molecule has 1 aromatic carbocycles. The monoisotopic (exact) mass is 199 g/mol. The number of ether oxygens (including phenoxy) is 1. The molecular formula is C10H12O4. The lowest BCUT2D eigenvalue weighted by molar-refractivity contribution is -0.136. The van der Waals surface area contributed by atoms with E-state index in [0.717, 1.165) is 0 Å². The van der Waals surface area contributed by atoms with E-state index in [2.05, 4.69) is 4.74 Å². The number of aliphatic carboxylic acids is 1. The molecule has 0 amide bonds. The molecule has 14 heavy (non-hydrogen) atoms. The highest BCUT2D eigenvalue weighted by atomic mass is 16.5. The number of carboxylic acid groups (broad SMARTS) is 1. The molecular weight excluding hydrogens is 184 g/mol. The molecule has 1 rings (SSSR count). The average Bonchev–Trinajstić information content (AvgIpc) is 2.17. The summed E-state index contributed by atoms with van der Waals surface area (Å²) < 4.78 is 25.2. The minimum absolute atomic E-state index is 0.0566. The summed E-state index contributed by atoms with van der Waals surface area (Å²) in [5.74, 6) is -1.40. The van der Waals surface area contributed by atoms with Crippen LogP contribution in [0.15, 0.2) is 18.2 Å². The Balaban J connectivity index is 2.76. The van der Waals surface area contributed by atoms with Gasteiger partial charge in [0.05, 0.1) is 11.2 Å². The number of phenolic OH excluding ortho intramolecular Hbond substituents is 1. The first-order valence-corrected chi connectivity index (χ1v) is 4.00. The van der Waals surface area contributed by atoms with Gasteiger partial charge in [0.25, 0.3) is 0 Å². The zero-order chi connectivity index (χ0) is 13.1. The zero-order valence-electron chi connectivity index (χ0n) is 10.4. The van der Waals surface area contributed by atoms with Crippen LogP contribution in [-0.4, -0.2) is 23.2 Å². The molecule has 4 nitrogen and oxygen atoms in total. The summed E-state index contributed by atoms with van der Waals surface area (Å²) in [6, 6.07) is 4.12. The van der Waals surface area contributed by atoms with Crippen molar-refractivity contribution in [2.75, 3.05) is 7.04 Å². The Hall–Kier alpha value is -1.71. The highest BCUT2D eigenvalue weighted by Crippen LogP contribution is 2.26. The maximum absolute atomic E-state index is 10.4. The van der Waals surface area contributed by atoms with Crippen LogP contribution in [0.2, 0.25) is 0 Å². The van der Waals surface area contributed by atoms with E-state index in [1.165, 1.54) is 18.2 Å². The van der Waals surface area contributed by atoms with Gasteiger partial charge in [0, 0.05) is 6.42 Å². The fourth-order valence-electron chi connectivity index (χ4n) is 1.06. The van der Waals surface area contributed by atoms with Crippen molar-refractivity contribution >= 4 is 5.97 Å². The minimum atomic E-state index is -2.62. The van der Waals surface area contributed by atoms with Crippen molar-refractivity contribution in [2.45, 2.75) is 12.8 Å². The van der Waals surface area contributed by atoms with Crippen LogP contribution in [0.4, 0.5) is 0 Å². The van der Waals surface area contributed by atoms with Gasteiger partial charge >= 0.3 is 5.97 Å². The van der Waals surface area contributed by atoms with E-state index in [9.17, 15) is 9.90 Å². The standard InChI is InChI=1S/C10H12O4/c1-14-9-4-2-7(6-8(9)11)3-5-10(12)13/h2,4,6,11H,3,5H2,1H3,(H,12,13)/i1D3. The van der Waals surface area contributed by atoms with Gasteiger partial charge in [-0.25, -0.2) is 0 Å². The van der Waals surface area contributed by atoms with E-state index in [1.807, 2.05) is 0 Å². The Bertz CT molecular complexity index is 415. The Morgan fingerprint density at radius 3 is 3.00 bits per heavy atom. The van der Waals surface area contributed by atoms with Crippen LogP contribution in [-0.2, 0) is 11.2 Å². The molecule has 0 aliphatic heterocycles.